The second kappa shape index (κ2) is 7.48. The van der Waals surface area contributed by atoms with E-state index in [2.05, 4.69) is 10.0 Å². The quantitative estimate of drug-likeness (QED) is 0.775. The van der Waals surface area contributed by atoms with Crippen molar-refractivity contribution in [3.63, 3.8) is 0 Å². The van der Waals surface area contributed by atoms with E-state index >= 15 is 0 Å². The molecule has 2 rings (SSSR count). The van der Waals surface area contributed by atoms with Gasteiger partial charge in [-0.3, -0.25) is 14.3 Å². The molecule has 0 saturated heterocycles. The average Bonchev–Trinajstić information content (AvgIpc) is 2.54. The van der Waals surface area contributed by atoms with Crippen LogP contribution in [0, 0.1) is 0 Å². The maximum absolute atomic E-state index is 12.5. The van der Waals surface area contributed by atoms with Crippen LogP contribution in [0.2, 0.25) is 0 Å². The first-order chi connectivity index (χ1) is 11.7. The second-order valence-corrected chi connectivity index (χ2v) is 7.58. The standard InChI is InChI=1S/C18H20N2O4S/c1-12(2)19-18(22)15-5-4-6-17(11-15)25(23,24)20-16-9-7-14(8-10-16)13(3)21/h4-12,20H,1-3H3,(H,19,22). The number of Topliss-reactive ketones (excluding diaryl/α,β-unsaturated/α-hetero) is 1. The highest BCUT2D eigenvalue weighted by molar-refractivity contribution is 7.92. The highest BCUT2D eigenvalue weighted by Gasteiger charge is 2.17. The molecule has 0 unspecified atom stereocenters. The van der Waals surface area contributed by atoms with Crippen LogP contribution in [-0.4, -0.2) is 26.2 Å². The molecule has 7 heteroatoms. The number of carbonyl (C=O) groups is 2. The van der Waals surface area contributed by atoms with E-state index in [0.29, 0.717) is 11.3 Å². The first-order valence-electron chi connectivity index (χ1n) is 7.74. The van der Waals surface area contributed by atoms with Crippen LogP contribution in [0.25, 0.3) is 0 Å². The van der Waals surface area contributed by atoms with Gasteiger partial charge in [0.2, 0.25) is 0 Å². The van der Waals surface area contributed by atoms with E-state index in [-0.39, 0.29) is 28.2 Å². The molecule has 0 aliphatic heterocycles. The summed E-state index contributed by atoms with van der Waals surface area (Å²) in [4.78, 5) is 23.3. The zero-order chi connectivity index (χ0) is 18.6. The van der Waals surface area contributed by atoms with Gasteiger partial charge in [-0.25, -0.2) is 8.42 Å². The van der Waals surface area contributed by atoms with Gasteiger partial charge in [0.25, 0.3) is 15.9 Å². The molecule has 0 heterocycles. The molecule has 0 aromatic heterocycles. The minimum atomic E-state index is -3.85. The zero-order valence-corrected chi connectivity index (χ0v) is 15.1. The van der Waals surface area contributed by atoms with Gasteiger partial charge in [0.05, 0.1) is 4.90 Å². The normalized spacial score (nSPS) is 11.2. The molecule has 25 heavy (non-hydrogen) atoms. The smallest absolute Gasteiger partial charge is 0.261 e. The molecule has 0 spiro atoms. The lowest BCUT2D eigenvalue weighted by Gasteiger charge is -2.11. The number of hydrogen-bond acceptors (Lipinski definition) is 4. The Kier molecular flexibility index (Phi) is 5.58. The summed E-state index contributed by atoms with van der Waals surface area (Å²) >= 11 is 0. The molecule has 0 fully saturated rings. The van der Waals surface area contributed by atoms with Gasteiger partial charge in [-0.2, -0.15) is 0 Å². The minimum absolute atomic E-state index is 0.0143. The Bertz CT molecular complexity index is 888. The van der Waals surface area contributed by atoms with E-state index in [0.717, 1.165) is 0 Å². The van der Waals surface area contributed by atoms with Gasteiger partial charge in [0, 0.05) is 22.9 Å². The van der Waals surface area contributed by atoms with Gasteiger partial charge in [-0.1, -0.05) is 6.07 Å². The fourth-order valence-electron chi connectivity index (χ4n) is 2.14. The monoisotopic (exact) mass is 360 g/mol. The molecule has 132 valence electrons. The molecule has 0 aliphatic carbocycles. The fraction of sp³-hybridized carbons (Fsp3) is 0.222. The predicted octanol–water partition coefficient (Wildman–Crippen LogP) is 2.83. The largest absolute Gasteiger partial charge is 0.350 e. The first-order valence-corrected chi connectivity index (χ1v) is 9.22. The zero-order valence-electron chi connectivity index (χ0n) is 14.2. The van der Waals surface area contributed by atoms with Crippen molar-refractivity contribution >= 4 is 27.4 Å². The molecule has 0 atom stereocenters. The highest BCUT2D eigenvalue weighted by atomic mass is 32.2. The van der Waals surface area contributed by atoms with Gasteiger partial charge in [-0.05, 0) is 63.2 Å². The summed E-state index contributed by atoms with van der Waals surface area (Å²) in [6.45, 7) is 5.09. The van der Waals surface area contributed by atoms with Crippen LogP contribution in [-0.2, 0) is 10.0 Å². The number of rotatable bonds is 6. The van der Waals surface area contributed by atoms with Crippen molar-refractivity contribution in [1.29, 1.82) is 0 Å². The van der Waals surface area contributed by atoms with E-state index in [1.165, 1.54) is 37.3 Å². The molecule has 1 amide bonds. The van der Waals surface area contributed by atoms with Crippen LogP contribution < -0.4 is 10.0 Å². The maximum atomic E-state index is 12.5. The number of hydrogen-bond donors (Lipinski definition) is 2. The molecule has 6 nitrogen and oxygen atoms in total. The summed E-state index contributed by atoms with van der Waals surface area (Å²) < 4.78 is 27.5. The predicted molar refractivity (Wildman–Crippen MR) is 96.3 cm³/mol. The van der Waals surface area contributed by atoms with Crippen molar-refractivity contribution in [2.75, 3.05) is 4.72 Å². The Labute approximate surface area is 147 Å². The first kappa shape index (κ1) is 18.7. The molecule has 0 saturated carbocycles. The summed E-state index contributed by atoms with van der Waals surface area (Å²) in [6.07, 6.45) is 0. The molecule has 0 bridgehead atoms. The third kappa shape index (κ3) is 4.90. The number of ketones is 1. The van der Waals surface area contributed by atoms with Crippen LogP contribution in [0.4, 0.5) is 5.69 Å². The lowest BCUT2D eigenvalue weighted by molar-refractivity contribution is 0.0942. The van der Waals surface area contributed by atoms with E-state index in [4.69, 9.17) is 0 Å². The fourth-order valence-corrected chi connectivity index (χ4v) is 3.24. The van der Waals surface area contributed by atoms with Crippen molar-refractivity contribution < 1.29 is 18.0 Å². The van der Waals surface area contributed by atoms with Crippen LogP contribution in [0.15, 0.2) is 53.4 Å². The summed E-state index contributed by atoms with van der Waals surface area (Å²) in [5.41, 5.74) is 1.10. The van der Waals surface area contributed by atoms with Crippen molar-refractivity contribution in [3.05, 3.63) is 59.7 Å². The van der Waals surface area contributed by atoms with E-state index in [9.17, 15) is 18.0 Å². The molecule has 0 radical (unpaired) electrons. The Morgan fingerprint density at radius 2 is 1.60 bits per heavy atom. The van der Waals surface area contributed by atoms with Gasteiger partial charge >= 0.3 is 0 Å². The van der Waals surface area contributed by atoms with E-state index in [1.807, 2.05) is 13.8 Å². The summed E-state index contributed by atoms with van der Waals surface area (Å²) in [6, 6.07) is 11.9. The number of nitrogens with one attached hydrogen (secondary N) is 2. The maximum Gasteiger partial charge on any atom is 0.261 e. The summed E-state index contributed by atoms with van der Waals surface area (Å²) in [5.74, 6) is -0.434. The van der Waals surface area contributed by atoms with Crippen molar-refractivity contribution in [2.24, 2.45) is 0 Å². The lowest BCUT2D eigenvalue weighted by atomic mass is 10.1. The number of sulfonamides is 1. The molecule has 2 aromatic rings. The number of anilines is 1. The Morgan fingerprint density at radius 1 is 0.960 bits per heavy atom. The Morgan fingerprint density at radius 3 is 2.16 bits per heavy atom. The van der Waals surface area contributed by atoms with Crippen LogP contribution in [0.5, 0.6) is 0 Å². The SMILES string of the molecule is CC(=O)c1ccc(NS(=O)(=O)c2cccc(C(=O)NC(C)C)c2)cc1. The third-order valence-electron chi connectivity index (χ3n) is 3.37. The molecular formula is C18H20N2O4S. The van der Waals surface area contributed by atoms with Gasteiger partial charge in [0.15, 0.2) is 5.78 Å². The molecule has 0 aliphatic rings. The van der Waals surface area contributed by atoms with E-state index in [1.54, 1.807) is 18.2 Å². The lowest BCUT2D eigenvalue weighted by Crippen LogP contribution is -2.30. The highest BCUT2D eigenvalue weighted by Crippen LogP contribution is 2.18. The summed E-state index contributed by atoms with van der Waals surface area (Å²) in [7, 11) is -3.85. The Balaban J connectivity index is 2.24. The number of amides is 1. The van der Waals surface area contributed by atoms with Crippen LogP contribution in [0.1, 0.15) is 41.5 Å². The average molecular weight is 360 g/mol. The number of carbonyl (C=O) groups excluding carboxylic acids is 2. The molecule has 2 N–H and O–H groups in total. The van der Waals surface area contributed by atoms with Gasteiger partial charge in [0.1, 0.15) is 0 Å². The van der Waals surface area contributed by atoms with Gasteiger partial charge in [-0.15, -0.1) is 0 Å². The molecule has 2 aromatic carbocycles. The Hall–Kier alpha value is -2.67. The topological polar surface area (TPSA) is 92.3 Å². The van der Waals surface area contributed by atoms with Gasteiger partial charge < -0.3 is 5.32 Å². The van der Waals surface area contributed by atoms with Crippen LogP contribution >= 0.6 is 0 Å². The minimum Gasteiger partial charge on any atom is -0.350 e. The van der Waals surface area contributed by atoms with E-state index < -0.39 is 10.0 Å². The number of benzene rings is 2. The summed E-state index contributed by atoms with van der Waals surface area (Å²) in [5, 5.41) is 2.72. The third-order valence-corrected chi connectivity index (χ3v) is 4.75. The van der Waals surface area contributed by atoms with Crippen molar-refractivity contribution in [3.8, 4) is 0 Å². The van der Waals surface area contributed by atoms with Crippen molar-refractivity contribution in [2.45, 2.75) is 31.7 Å². The molecular weight excluding hydrogens is 340 g/mol. The second-order valence-electron chi connectivity index (χ2n) is 5.90. The van der Waals surface area contributed by atoms with Crippen molar-refractivity contribution in [1.82, 2.24) is 5.32 Å². The van der Waals surface area contributed by atoms with Crippen LogP contribution in [0.3, 0.4) is 0 Å².